The van der Waals surface area contributed by atoms with Crippen LogP contribution < -0.4 is 16.4 Å². The smallest absolute Gasteiger partial charge is 0.337 e. The fourth-order valence-corrected chi connectivity index (χ4v) is 1.56. The maximum Gasteiger partial charge on any atom is 0.337 e. The summed E-state index contributed by atoms with van der Waals surface area (Å²) in [6.45, 7) is 2.97. The highest BCUT2D eigenvalue weighted by Crippen LogP contribution is 2.20. The van der Waals surface area contributed by atoms with Gasteiger partial charge >= 0.3 is 5.97 Å². The van der Waals surface area contributed by atoms with Crippen LogP contribution in [0.2, 0.25) is 0 Å². The summed E-state index contributed by atoms with van der Waals surface area (Å²) in [5.41, 5.74) is 7.35. The van der Waals surface area contributed by atoms with Crippen molar-refractivity contribution in [3.8, 4) is 0 Å². The number of nitrogens with one attached hydrogen (secondary N) is 2. The Kier molecular flexibility index (Phi) is 5.66. The molecule has 0 saturated carbocycles. The average molecular weight is 265 g/mol. The van der Waals surface area contributed by atoms with Gasteiger partial charge in [-0.15, -0.1) is 0 Å². The van der Waals surface area contributed by atoms with Gasteiger partial charge in [0.15, 0.2) is 0 Å². The number of nitrogen functional groups attached to an aromatic ring is 1. The largest absolute Gasteiger partial charge is 0.465 e. The van der Waals surface area contributed by atoms with Crippen LogP contribution in [0, 0.1) is 0 Å². The minimum absolute atomic E-state index is 0.0141. The number of esters is 1. The summed E-state index contributed by atoms with van der Waals surface area (Å²) in [7, 11) is 1.32. The molecule has 0 aliphatic carbocycles. The lowest BCUT2D eigenvalue weighted by Gasteiger charge is -2.10. The van der Waals surface area contributed by atoms with Gasteiger partial charge in [0.2, 0.25) is 5.91 Å². The molecule has 1 rings (SSSR count). The minimum Gasteiger partial charge on any atom is -0.465 e. The van der Waals surface area contributed by atoms with E-state index in [9.17, 15) is 9.59 Å². The topological polar surface area (TPSA) is 93.5 Å². The highest BCUT2D eigenvalue weighted by Gasteiger charge is 2.08. The van der Waals surface area contributed by atoms with E-state index in [1.807, 2.05) is 6.92 Å². The number of hydrogen-bond acceptors (Lipinski definition) is 5. The van der Waals surface area contributed by atoms with Crippen molar-refractivity contribution in [3.63, 3.8) is 0 Å². The number of methoxy groups -OCH3 is 1. The Morgan fingerprint density at radius 2 is 2.11 bits per heavy atom. The summed E-state index contributed by atoms with van der Waals surface area (Å²) >= 11 is 0. The van der Waals surface area contributed by atoms with E-state index >= 15 is 0 Å². The zero-order chi connectivity index (χ0) is 14.3. The van der Waals surface area contributed by atoms with E-state index in [2.05, 4.69) is 15.4 Å². The van der Waals surface area contributed by atoms with Crippen LogP contribution in [-0.2, 0) is 9.53 Å². The zero-order valence-electron chi connectivity index (χ0n) is 11.2. The van der Waals surface area contributed by atoms with Crippen LogP contribution >= 0.6 is 0 Å². The first-order chi connectivity index (χ1) is 9.08. The number of carbonyl (C=O) groups excluding carboxylic acids is 2. The Morgan fingerprint density at radius 1 is 1.37 bits per heavy atom. The van der Waals surface area contributed by atoms with Crippen LogP contribution in [0.15, 0.2) is 18.2 Å². The Bertz CT molecular complexity index is 460. The van der Waals surface area contributed by atoms with Crippen molar-refractivity contribution in [1.29, 1.82) is 0 Å². The fraction of sp³-hybridized carbons (Fsp3) is 0.385. The molecule has 1 aromatic carbocycles. The maximum absolute atomic E-state index is 11.3. The lowest BCUT2D eigenvalue weighted by atomic mass is 10.1. The molecule has 6 heteroatoms. The molecule has 1 aromatic rings. The monoisotopic (exact) mass is 265 g/mol. The van der Waals surface area contributed by atoms with E-state index in [1.54, 1.807) is 18.2 Å². The number of amides is 1. The van der Waals surface area contributed by atoms with Crippen LogP contribution in [0.3, 0.4) is 0 Å². The van der Waals surface area contributed by atoms with Gasteiger partial charge < -0.3 is 21.1 Å². The van der Waals surface area contributed by atoms with Crippen molar-refractivity contribution in [3.05, 3.63) is 23.8 Å². The summed E-state index contributed by atoms with van der Waals surface area (Å²) in [4.78, 5) is 22.6. The molecule has 19 heavy (non-hydrogen) atoms. The Morgan fingerprint density at radius 3 is 2.68 bits per heavy atom. The van der Waals surface area contributed by atoms with E-state index in [0.717, 1.165) is 0 Å². The Hall–Kier alpha value is -2.24. The molecule has 0 unspecified atom stereocenters. The van der Waals surface area contributed by atoms with Crippen molar-refractivity contribution in [2.24, 2.45) is 0 Å². The first-order valence-electron chi connectivity index (χ1n) is 6.07. The van der Waals surface area contributed by atoms with E-state index < -0.39 is 5.97 Å². The molecule has 0 fully saturated rings. The molecule has 0 spiro atoms. The van der Waals surface area contributed by atoms with Gasteiger partial charge in [-0.3, -0.25) is 4.79 Å². The summed E-state index contributed by atoms with van der Waals surface area (Å²) in [5.74, 6) is -0.444. The highest BCUT2D eigenvalue weighted by molar-refractivity contribution is 5.91. The van der Waals surface area contributed by atoms with Crippen LogP contribution in [0.5, 0.6) is 0 Å². The molecule has 0 saturated heterocycles. The number of nitrogens with two attached hydrogens (primary N) is 1. The van der Waals surface area contributed by atoms with Crippen LogP contribution in [0.25, 0.3) is 0 Å². The lowest BCUT2D eigenvalue weighted by molar-refractivity contribution is -0.120. The Balaban J connectivity index is 2.56. The molecule has 0 atom stereocenters. The second kappa shape index (κ2) is 7.25. The molecule has 0 aliphatic rings. The summed E-state index contributed by atoms with van der Waals surface area (Å²) < 4.78 is 4.60. The fourth-order valence-electron chi connectivity index (χ4n) is 1.56. The number of rotatable bonds is 6. The lowest BCUT2D eigenvalue weighted by Crippen LogP contribution is -2.24. The van der Waals surface area contributed by atoms with Gasteiger partial charge in [0.25, 0.3) is 0 Å². The van der Waals surface area contributed by atoms with E-state index in [4.69, 9.17) is 5.73 Å². The SMILES string of the molecule is CCNC(=O)CCNc1ccc(C(=O)OC)cc1N. The molecule has 0 bridgehead atoms. The minimum atomic E-state index is -0.430. The molecule has 104 valence electrons. The summed E-state index contributed by atoms with van der Waals surface area (Å²) in [6.07, 6.45) is 0.367. The second-order valence-electron chi connectivity index (χ2n) is 3.92. The standard InChI is InChI=1S/C13H19N3O3/c1-3-15-12(17)6-7-16-11-5-4-9(8-10(11)14)13(18)19-2/h4-5,8,16H,3,6-7,14H2,1-2H3,(H,15,17). The van der Waals surface area contributed by atoms with Crippen LogP contribution in [0.1, 0.15) is 23.7 Å². The van der Waals surface area contributed by atoms with Crippen molar-refractivity contribution < 1.29 is 14.3 Å². The molecule has 4 N–H and O–H groups in total. The normalized spacial score (nSPS) is 9.79. The van der Waals surface area contributed by atoms with E-state index in [-0.39, 0.29) is 5.91 Å². The highest BCUT2D eigenvalue weighted by atomic mass is 16.5. The van der Waals surface area contributed by atoms with Crippen molar-refractivity contribution in [2.45, 2.75) is 13.3 Å². The number of anilines is 2. The molecule has 0 aromatic heterocycles. The van der Waals surface area contributed by atoms with Gasteiger partial charge in [0.05, 0.1) is 24.0 Å². The van der Waals surface area contributed by atoms with Crippen LogP contribution in [0.4, 0.5) is 11.4 Å². The third kappa shape index (κ3) is 4.50. The molecular formula is C13H19N3O3. The molecule has 0 radical (unpaired) electrons. The maximum atomic E-state index is 11.3. The first kappa shape index (κ1) is 14.8. The summed E-state index contributed by atoms with van der Waals surface area (Å²) in [5, 5.41) is 5.76. The van der Waals surface area contributed by atoms with Gasteiger partial charge in [-0.2, -0.15) is 0 Å². The van der Waals surface area contributed by atoms with Gasteiger partial charge in [-0.25, -0.2) is 4.79 Å². The van der Waals surface area contributed by atoms with Gasteiger partial charge in [-0.1, -0.05) is 0 Å². The Labute approximate surface area is 112 Å². The van der Waals surface area contributed by atoms with Crippen molar-refractivity contribution in [1.82, 2.24) is 5.32 Å². The van der Waals surface area contributed by atoms with Crippen LogP contribution in [-0.4, -0.2) is 32.1 Å². The molecule has 1 amide bonds. The zero-order valence-corrected chi connectivity index (χ0v) is 11.2. The number of ether oxygens (including phenoxy) is 1. The number of benzene rings is 1. The second-order valence-corrected chi connectivity index (χ2v) is 3.92. The van der Waals surface area contributed by atoms with Gasteiger partial charge in [0.1, 0.15) is 0 Å². The predicted molar refractivity (Wildman–Crippen MR) is 74.0 cm³/mol. The molecule has 0 heterocycles. The number of carbonyl (C=O) groups is 2. The van der Waals surface area contributed by atoms with Crippen molar-refractivity contribution >= 4 is 23.3 Å². The average Bonchev–Trinajstić information content (AvgIpc) is 2.40. The molecule has 6 nitrogen and oxygen atoms in total. The third-order valence-corrected chi connectivity index (χ3v) is 2.51. The molecule has 0 aliphatic heterocycles. The molecular weight excluding hydrogens is 246 g/mol. The predicted octanol–water partition coefficient (Wildman–Crippen LogP) is 0.993. The quantitative estimate of drug-likeness (QED) is 0.527. The first-order valence-corrected chi connectivity index (χ1v) is 6.07. The third-order valence-electron chi connectivity index (χ3n) is 2.51. The summed E-state index contributed by atoms with van der Waals surface area (Å²) in [6, 6.07) is 4.86. The van der Waals surface area contributed by atoms with Crippen molar-refractivity contribution in [2.75, 3.05) is 31.2 Å². The number of hydrogen-bond donors (Lipinski definition) is 3. The van der Waals surface area contributed by atoms with E-state index in [0.29, 0.717) is 36.4 Å². The van der Waals surface area contributed by atoms with Gasteiger partial charge in [0, 0.05) is 19.5 Å². The van der Waals surface area contributed by atoms with E-state index in [1.165, 1.54) is 7.11 Å². The van der Waals surface area contributed by atoms with Gasteiger partial charge in [-0.05, 0) is 25.1 Å².